The molecule has 1 heterocycles. The Hall–Kier alpha value is -2.61. The van der Waals surface area contributed by atoms with Crippen molar-refractivity contribution in [2.45, 2.75) is 26.8 Å². The van der Waals surface area contributed by atoms with E-state index < -0.39 is 16.1 Å². The highest BCUT2D eigenvalue weighted by Crippen LogP contribution is 2.27. The van der Waals surface area contributed by atoms with E-state index in [2.05, 4.69) is 0 Å². The van der Waals surface area contributed by atoms with Crippen LogP contribution in [-0.2, 0) is 14.8 Å². The SMILES string of the molecule is Cc1ccc(C)c(N([C@@H](C)C(=O)N2CCN(c3ccccc3F)CC2)S(C)(=O)=O)c1. The number of anilines is 2. The van der Waals surface area contributed by atoms with Gasteiger partial charge in [0.2, 0.25) is 15.9 Å². The summed E-state index contributed by atoms with van der Waals surface area (Å²) in [7, 11) is -3.67. The Kier molecular flexibility index (Phi) is 6.36. The fourth-order valence-electron chi connectivity index (χ4n) is 3.87. The minimum atomic E-state index is -3.67. The fraction of sp³-hybridized carbons (Fsp3) is 0.409. The summed E-state index contributed by atoms with van der Waals surface area (Å²) in [4.78, 5) is 16.8. The lowest BCUT2D eigenvalue weighted by Gasteiger charge is -2.39. The lowest BCUT2D eigenvalue weighted by molar-refractivity contribution is -0.132. The van der Waals surface area contributed by atoms with E-state index in [0.29, 0.717) is 37.6 Å². The van der Waals surface area contributed by atoms with Crippen LogP contribution in [0.5, 0.6) is 0 Å². The standard InChI is InChI=1S/C22H28FN3O3S/c1-16-9-10-17(2)21(15-16)26(30(4,28)29)18(3)22(27)25-13-11-24(12-14-25)20-8-6-5-7-19(20)23/h5-10,15,18H,11-14H2,1-4H3/t18-/m0/s1. The molecule has 0 aromatic heterocycles. The molecule has 162 valence electrons. The zero-order valence-corrected chi connectivity index (χ0v) is 18.6. The van der Waals surface area contributed by atoms with Crippen molar-refractivity contribution in [2.75, 3.05) is 41.6 Å². The molecule has 6 nitrogen and oxygen atoms in total. The Bertz CT molecular complexity index is 1030. The van der Waals surface area contributed by atoms with Crippen LogP contribution in [0.25, 0.3) is 0 Å². The second-order valence-electron chi connectivity index (χ2n) is 7.79. The third-order valence-electron chi connectivity index (χ3n) is 5.45. The quantitative estimate of drug-likeness (QED) is 0.728. The van der Waals surface area contributed by atoms with Gasteiger partial charge in [-0.15, -0.1) is 0 Å². The van der Waals surface area contributed by atoms with Gasteiger partial charge in [0.1, 0.15) is 11.9 Å². The van der Waals surface area contributed by atoms with Crippen LogP contribution in [0.2, 0.25) is 0 Å². The number of amides is 1. The molecule has 0 unspecified atom stereocenters. The van der Waals surface area contributed by atoms with Crippen LogP contribution in [0.1, 0.15) is 18.1 Å². The molecule has 1 aliphatic heterocycles. The van der Waals surface area contributed by atoms with Gasteiger partial charge in [-0.1, -0.05) is 24.3 Å². The van der Waals surface area contributed by atoms with Crippen molar-refractivity contribution in [3.8, 4) is 0 Å². The largest absolute Gasteiger partial charge is 0.366 e. The van der Waals surface area contributed by atoms with E-state index >= 15 is 0 Å². The van der Waals surface area contributed by atoms with Crippen LogP contribution >= 0.6 is 0 Å². The molecule has 0 spiro atoms. The lowest BCUT2D eigenvalue weighted by atomic mass is 10.1. The van der Waals surface area contributed by atoms with E-state index in [0.717, 1.165) is 17.4 Å². The average Bonchev–Trinajstić information content (AvgIpc) is 2.69. The van der Waals surface area contributed by atoms with E-state index in [1.807, 2.05) is 30.9 Å². The van der Waals surface area contributed by atoms with Crippen LogP contribution in [0.15, 0.2) is 42.5 Å². The number of carbonyl (C=O) groups excluding carboxylic acids is 1. The number of halogens is 1. The molecule has 2 aromatic rings. The number of benzene rings is 2. The molecule has 3 rings (SSSR count). The molecule has 1 aliphatic rings. The maximum absolute atomic E-state index is 14.1. The summed E-state index contributed by atoms with van der Waals surface area (Å²) in [5.74, 6) is -0.543. The molecule has 30 heavy (non-hydrogen) atoms. The predicted octanol–water partition coefficient (Wildman–Crippen LogP) is 2.95. The lowest BCUT2D eigenvalue weighted by Crippen LogP contribution is -2.55. The summed E-state index contributed by atoms with van der Waals surface area (Å²) >= 11 is 0. The Morgan fingerprint density at radius 3 is 2.30 bits per heavy atom. The first kappa shape index (κ1) is 22.1. The van der Waals surface area contributed by atoms with E-state index in [1.54, 1.807) is 36.1 Å². The first-order chi connectivity index (χ1) is 14.1. The molecule has 0 bridgehead atoms. The molecular formula is C22H28FN3O3S. The van der Waals surface area contributed by atoms with Crippen molar-refractivity contribution in [3.63, 3.8) is 0 Å². The number of aryl methyl sites for hydroxylation is 2. The molecule has 0 radical (unpaired) electrons. The van der Waals surface area contributed by atoms with Gasteiger partial charge < -0.3 is 9.80 Å². The average molecular weight is 434 g/mol. The second kappa shape index (κ2) is 8.63. The highest BCUT2D eigenvalue weighted by Gasteiger charge is 2.34. The number of sulfonamides is 1. The number of para-hydroxylation sites is 1. The van der Waals surface area contributed by atoms with E-state index in [1.165, 1.54) is 10.4 Å². The van der Waals surface area contributed by atoms with Crippen molar-refractivity contribution in [3.05, 3.63) is 59.4 Å². The molecule has 8 heteroatoms. The van der Waals surface area contributed by atoms with Crippen molar-refractivity contribution >= 4 is 27.3 Å². The van der Waals surface area contributed by atoms with Crippen molar-refractivity contribution < 1.29 is 17.6 Å². The molecule has 0 saturated carbocycles. The third-order valence-corrected chi connectivity index (χ3v) is 6.68. The molecular weight excluding hydrogens is 405 g/mol. The van der Waals surface area contributed by atoms with Crippen LogP contribution in [-0.4, -0.2) is 57.7 Å². The summed E-state index contributed by atoms with van der Waals surface area (Å²) in [5, 5.41) is 0. The Morgan fingerprint density at radius 2 is 1.70 bits per heavy atom. The van der Waals surface area contributed by atoms with Crippen molar-refractivity contribution in [2.24, 2.45) is 0 Å². The van der Waals surface area contributed by atoms with Crippen LogP contribution in [0.4, 0.5) is 15.8 Å². The zero-order valence-electron chi connectivity index (χ0n) is 17.8. The first-order valence-electron chi connectivity index (χ1n) is 9.94. The summed E-state index contributed by atoms with van der Waals surface area (Å²) < 4.78 is 40.5. The zero-order chi connectivity index (χ0) is 22.1. The number of carbonyl (C=O) groups is 1. The number of nitrogens with zero attached hydrogens (tertiary/aromatic N) is 3. The molecule has 2 aromatic carbocycles. The van der Waals surface area contributed by atoms with E-state index in [9.17, 15) is 17.6 Å². The number of hydrogen-bond acceptors (Lipinski definition) is 4. The Morgan fingerprint density at radius 1 is 1.07 bits per heavy atom. The number of piperazine rings is 1. The topological polar surface area (TPSA) is 60.9 Å². The summed E-state index contributed by atoms with van der Waals surface area (Å²) in [6, 6.07) is 11.3. The van der Waals surface area contributed by atoms with Gasteiger partial charge in [-0.3, -0.25) is 9.10 Å². The fourth-order valence-corrected chi connectivity index (χ4v) is 5.09. The number of hydrogen-bond donors (Lipinski definition) is 0. The molecule has 0 aliphatic carbocycles. The van der Waals surface area contributed by atoms with Gasteiger partial charge in [0.25, 0.3) is 0 Å². The Balaban J connectivity index is 1.78. The summed E-state index contributed by atoms with van der Waals surface area (Å²) in [5.41, 5.74) is 2.74. The van der Waals surface area contributed by atoms with Gasteiger partial charge in [-0.05, 0) is 50.1 Å². The van der Waals surface area contributed by atoms with Gasteiger partial charge in [0, 0.05) is 26.2 Å². The minimum Gasteiger partial charge on any atom is -0.366 e. The molecule has 1 fully saturated rings. The maximum Gasteiger partial charge on any atom is 0.246 e. The summed E-state index contributed by atoms with van der Waals surface area (Å²) in [6.45, 7) is 7.12. The van der Waals surface area contributed by atoms with Gasteiger partial charge >= 0.3 is 0 Å². The van der Waals surface area contributed by atoms with Gasteiger partial charge in [0.05, 0.1) is 17.6 Å². The smallest absolute Gasteiger partial charge is 0.246 e. The molecule has 1 amide bonds. The minimum absolute atomic E-state index is 0.255. The molecule has 1 atom stereocenters. The highest BCUT2D eigenvalue weighted by atomic mass is 32.2. The first-order valence-corrected chi connectivity index (χ1v) is 11.8. The highest BCUT2D eigenvalue weighted by molar-refractivity contribution is 7.92. The van der Waals surface area contributed by atoms with Gasteiger partial charge in [-0.2, -0.15) is 0 Å². The van der Waals surface area contributed by atoms with Crippen LogP contribution in [0, 0.1) is 19.7 Å². The summed E-state index contributed by atoms with van der Waals surface area (Å²) in [6.07, 6.45) is 1.12. The van der Waals surface area contributed by atoms with Gasteiger partial charge in [-0.25, -0.2) is 12.8 Å². The molecule has 0 N–H and O–H groups in total. The monoisotopic (exact) mass is 433 g/mol. The van der Waals surface area contributed by atoms with Crippen LogP contribution in [0.3, 0.4) is 0 Å². The second-order valence-corrected chi connectivity index (χ2v) is 9.65. The maximum atomic E-state index is 14.1. The predicted molar refractivity (Wildman–Crippen MR) is 118 cm³/mol. The van der Waals surface area contributed by atoms with Crippen LogP contribution < -0.4 is 9.21 Å². The molecule has 1 saturated heterocycles. The van der Waals surface area contributed by atoms with Gasteiger partial charge in [0.15, 0.2) is 0 Å². The van der Waals surface area contributed by atoms with Crippen molar-refractivity contribution in [1.29, 1.82) is 0 Å². The number of rotatable bonds is 5. The van der Waals surface area contributed by atoms with E-state index in [-0.39, 0.29) is 11.7 Å². The third kappa shape index (κ3) is 4.59. The Labute approximate surface area is 177 Å². The normalized spacial score (nSPS) is 15.8. The van der Waals surface area contributed by atoms with E-state index in [4.69, 9.17) is 0 Å². The van der Waals surface area contributed by atoms with Crippen molar-refractivity contribution in [1.82, 2.24) is 4.90 Å².